The molecule has 0 amide bonds. The Bertz CT molecular complexity index is 663. The molecule has 2 aliphatic rings. The molecule has 1 atom stereocenters. The predicted molar refractivity (Wildman–Crippen MR) is 75.0 cm³/mol. The average Bonchev–Trinajstić information content (AvgIpc) is 2.96. The maximum atomic E-state index is 12.2. The predicted octanol–water partition coefficient (Wildman–Crippen LogP) is 0.308. The molecule has 20 heavy (non-hydrogen) atoms. The van der Waals surface area contributed by atoms with E-state index in [9.17, 15) is 4.79 Å². The smallest absolute Gasteiger partial charge is 0.355 e. The Labute approximate surface area is 114 Å². The first-order chi connectivity index (χ1) is 9.70. The van der Waals surface area contributed by atoms with Crippen molar-refractivity contribution < 1.29 is 9.53 Å². The number of amidine groups is 1. The Morgan fingerprint density at radius 3 is 2.80 bits per heavy atom. The van der Waals surface area contributed by atoms with E-state index in [1.807, 2.05) is 30.3 Å². The van der Waals surface area contributed by atoms with Gasteiger partial charge in [0, 0.05) is 0 Å². The van der Waals surface area contributed by atoms with E-state index in [-0.39, 0.29) is 12.3 Å². The van der Waals surface area contributed by atoms with Crippen molar-refractivity contribution in [2.75, 3.05) is 0 Å². The van der Waals surface area contributed by atoms with Crippen LogP contribution in [0.4, 0.5) is 0 Å². The lowest BCUT2D eigenvalue weighted by atomic mass is 10.0. The number of nitrogens with zero attached hydrogens (tertiary/aromatic N) is 4. The van der Waals surface area contributed by atoms with Crippen LogP contribution in [0.25, 0.3) is 0 Å². The highest BCUT2D eigenvalue weighted by atomic mass is 16.5. The average molecular weight is 269 g/mol. The van der Waals surface area contributed by atoms with Crippen molar-refractivity contribution in [2.45, 2.75) is 12.3 Å². The summed E-state index contributed by atoms with van der Waals surface area (Å²) < 4.78 is 5.21. The molecule has 0 aliphatic carbocycles. The third-order valence-corrected chi connectivity index (χ3v) is 2.91. The number of hydrogen-bond donors (Lipinski definition) is 1. The van der Waals surface area contributed by atoms with Crippen LogP contribution in [0.2, 0.25) is 0 Å². The minimum atomic E-state index is -1.68. The maximum absolute atomic E-state index is 12.2. The number of carbonyl (C=O) groups is 1. The number of ether oxygens (including phenoxy) is 1. The van der Waals surface area contributed by atoms with Gasteiger partial charge in [-0.15, -0.1) is 0 Å². The molecule has 0 bridgehead atoms. The second-order valence-corrected chi connectivity index (χ2v) is 4.25. The zero-order valence-corrected chi connectivity index (χ0v) is 10.4. The first-order valence-electron chi connectivity index (χ1n) is 5.93. The van der Waals surface area contributed by atoms with Gasteiger partial charge in [-0.3, -0.25) is 5.73 Å². The van der Waals surface area contributed by atoms with Crippen LogP contribution in [0.15, 0.2) is 50.3 Å². The van der Waals surface area contributed by atoms with Gasteiger partial charge in [-0.25, -0.2) is 24.8 Å². The van der Waals surface area contributed by atoms with E-state index >= 15 is 0 Å². The highest BCUT2D eigenvalue weighted by Gasteiger charge is 2.46. The zero-order valence-electron chi connectivity index (χ0n) is 10.4. The van der Waals surface area contributed by atoms with Crippen LogP contribution < -0.4 is 5.73 Å². The van der Waals surface area contributed by atoms with Gasteiger partial charge >= 0.3 is 5.97 Å². The Morgan fingerprint density at radius 1 is 1.20 bits per heavy atom. The molecular formula is C13H11N5O2. The second kappa shape index (κ2) is 4.78. The minimum absolute atomic E-state index is 0.120. The fourth-order valence-corrected chi connectivity index (χ4v) is 1.84. The van der Waals surface area contributed by atoms with Crippen molar-refractivity contribution in [3.05, 3.63) is 35.9 Å². The molecule has 2 aliphatic heterocycles. The van der Waals surface area contributed by atoms with Crippen molar-refractivity contribution in [1.82, 2.24) is 0 Å². The largest absolute Gasteiger partial charge is 0.458 e. The number of rotatable bonds is 3. The molecule has 1 aromatic rings. The van der Waals surface area contributed by atoms with Crippen LogP contribution in [0.1, 0.15) is 5.56 Å². The van der Waals surface area contributed by atoms with E-state index < -0.39 is 11.6 Å². The summed E-state index contributed by atoms with van der Waals surface area (Å²) >= 11 is 0. The highest BCUT2D eigenvalue weighted by Crippen LogP contribution is 2.17. The van der Waals surface area contributed by atoms with Crippen LogP contribution in [0, 0.1) is 0 Å². The molecule has 0 spiro atoms. The topological polar surface area (TPSA) is 102 Å². The van der Waals surface area contributed by atoms with Gasteiger partial charge in [0.05, 0.1) is 0 Å². The molecule has 0 saturated heterocycles. The van der Waals surface area contributed by atoms with E-state index in [0.29, 0.717) is 5.84 Å². The van der Waals surface area contributed by atoms with Gasteiger partial charge in [-0.1, -0.05) is 30.3 Å². The van der Waals surface area contributed by atoms with E-state index in [2.05, 4.69) is 20.0 Å². The molecule has 2 heterocycles. The van der Waals surface area contributed by atoms with Gasteiger partial charge in [-0.05, 0) is 5.56 Å². The molecular weight excluding hydrogens is 258 g/mol. The normalized spacial score (nSPS) is 23.1. The first-order valence-corrected chi connectivity index (χ1v) is 5.93. The van der Waals surface area contributed by atoms with Gasteiger partial charge in [0.2, 0.25) is 0 Å². The lowest BCUT2D eigenvalue weighted by molar-refractivity contribution is -0.148. The molecule has 0 saturated carbocycles. The van der Waals surface area contributed by atoms with Crippen LogP contribution in [-0.4, -0.2) is 35.9 Å². The Hall–Kier alpha value is -2.67. The van der Waals surface area contributed by atoms with E-state index in [4.69, 9.17) is 10.5 Å². The van der Waals surface area contributed by atoms with Gasteiger partial charge in [0.1, 0.15) is 25.0 Å². The molecule has 3 rings (SSSR count). The molecule has 1 unspecified atom stereocenters. The lowest BCUT2D eigenvalue weighted by Gasteiger charge is -2.24. The second-order valence-electron chi connectivity index (χ2n) is 4.25. The quantitative estimate of drug-likeness (QED) is 0.799. The molecule has 2 N–H and O–H groups in total. The van der Waals surface area contributed by atoms with Gasteiger partial charge < -0.3 is 4.74 Å². The number of esters is 1. The summed E-state index contributed by atoms with van der Waals surface area (Å²) in [7, 11) is 0. The van der Waals surface area contributed by atoms with Crippen LogP contribution in [0.3, 0.4) is 0 Å². The number of aliphatic imine (C=N–C) groups is 4. The third kappa shape index (κ3) is 2.04. The molecule has 1 aromatic carbocycles. The van der Waals surface area contributed by atoms with Gasteiger partial charge in [-0.2, -0.15) is 0 Å². The van der Waals surface area contributed by atoms with E-state index in [0.717, 1.165) is 5.56 Å². The summed E-state index contributed by atoms with van der Waals surface area (Å²) in [6.07, 6.45) is 2.48. The number of hydrogen-bond acceptors (Lipinski definition) is 7. The molecule has 7 heteroatoms. The summed E-state index contributed by atoms with van der Waals surface area (Å²) in [5.74, 6) is -0.395. The van der Waals surface area contributed by atoms with Crippen LogP contribution in [-0.2, 0) is 16.1 Å². The van der Waals surface area contributed by atoms with E-state index in [1.165, 1.54) is 12.7 Å². The highest BCUT2D eigenvalue weighted by molar-refractivity contribution is 6.53. The molecule has 0 aromatic heterocycles. The van der Waals surface area contributed by atoms with Crippen molar-refractivity contribution in [3.8, 4) is 0 Å². The summed E-state index contributed by atoms with van der Waals surface area (Å²) in [5.41, 5.74) is 5.38. The van der Waals surface area contributed by atoms with Crippen LogP contribution in [0.5, 0.6) is 0 Å². The fourth-order valence-electron chi connectivity index (χ4n) is 1.84. The zero-order chi connectivity index (χ0) is 14.0. The van der Waals surface area contributed by atoms with Crippen molar-refractivity contribution in [1.29, 1.82) is 0 Å². The minimum Gasteiger partial charge on any atom is -0.458 e. The van der Waals surface area contributed by atoms with Crippen molar-refractivity contribution in [3.63, 3.8) is 0 Å². The van der Waals surface area contributed by atoms with Crippen LogP contribution >= 0.6 is 0 Å². The summed E-state index contributed by atoms with van der Waals surface area (Å²) in [4.78, 5) is 27.8. The fraction of sp³-hybridized carbons (Fsp3) is 0.154. The molecule has 0 fully saturated rings. The number of benzene rings is 1. The van der Waals surface area contributed by atoms with Crippen molar-refractivity contribution >= 4 is 30.2 Å². The Kier molecular flexibility index (Phi) is 2.96. The summed E-state index contributed by atoms with van der Waals surface area (Å²) in [6, 6.07) is 9.31. The Balaban J connectivity index is 1.74. The maximum Gasteiger partial charge on any atom is 0.355 e. The number of fused-ring (bicyclic) bond motifs is 1. The Morgan fingerprint density at radius 2 is 2.00 bits per heavy atom. The van der Waals surface area contributed by atoms with Gasteiger partial charge in [0.25, 0.3) is 5.66 Å². The number of nitrogens with two attached hydrogens (primary N) is 1. The molecule has 0 radical (unpaired) electrons. The van der Waals surface area contributed by atoms with E-state index in [1.54, 1.807) is 0 Å². The monoisotopic (exact) mass is 269 g/mol. The summed E-state index contributed by atoms with van der Waals surface area (Å²) in [5, 5.41) is 0. The summed E-state index contributed by atoms with van der Waals surface area (Å²) in [6.45, 7) is 0.120. The SMILES string of the molecule is NC1(C(=O)OCc2ccccc2)N=CN=C2N=CN=C21. The van der Waals surface area contributed by atoms with Gasteiger partial charge in [0.15, 0.2) is 5.84 Å². The van der Waals surface area contributed by atoms with Crippen molar-refractivity contribution in [2.24, 2.45) is 25.7 Å². The molecule has 7 nitrogen and oxygen atoms in total. The lowest BCUT2D eigenvalue weighted by Crippen LogP contribution is -2.57. The number of carbonyl (C=O) groups excluding carboxylic acids is 1. The first kappa shape index (κ1) is 12.4. The standard InChI is InChI=1S/C13H11N5O2/c14-13(10-11(16-7-15-10)17-8-18-13)12(19)20-6-9-4-2-1-3-5-9/h1-5,7-8H,6,14H2. The molecule has 100 valence electrons. The third-order valence-electron chi connectivity index (χ3n) is 2.91.